The van der Waals surface area contributed by atoms with Gasteiger partial charge < -0.3 is 10.6 Å². The van der Waals surface area contributed by atoms with Crippen molar-refractivity contribution in [3.63, 3.8) is 0 Å². The highest BCUT2D eigenvalue weighted by molar-refractivity contribution is 9.10. The molecule has 108 valence electrons. The molecule has 0 bridgehead atoms. The van der Waals surface area contributed by atoms with Crippen molar-refractivity contribution < 1.29 is 4.79 Å². The quantitative estimate of drug-likeness (QED) is 0.788. The van der Waals surface area contributed by atoms with Gasteiger partial charge in [0.25, 0.3) is 0 Å². The lowest BCUT2D eigenvalue weighted by Gasteiger charge is -2.45. The predicted molar refractivity (Wildman–Crippen MR) is 88.8 cm³/mol. The fraction of sp³-hybridized carbons (Fsp3) is 0.133. The van der Waals surface area contributed by atoms with Gasteiger partial charge in [-0.25, -0.2) is 0 Å². The van der Waals surface area contributed by atoms with Crippen LogP contribution in [0.4, 0.5) is 5.69 Å². The molecule has 21 heavy (non-hydrogen) atoms. The third-order valence-electron chi connectivity index (χ3n) is 3.53. The van der Waals surface area contributed by atoms with E-state index in [2.05, 4.69) is 15.9 Å². The average Bonchev–Trinajstić information content (AvgIpc) is 2.48. The second kappa shape index (κ2) is 5.61. The van der Waals surface area contributed by atoms with Crippen molar-refractivity contribution in [3.05, 3.63) is 62.5 Å². The predicted octanol–water partition coefficient (Wildman–Crippen LogP) is 4.17. The van der Waals surface area contributed by atoms with Crippen LogP contribution < -0.4 is 10.6 Å². The third-order valence-corrected chi connectivity index (χ3v) is 4.80. The van der Waals surface area contributed by atoms with Gasteiger partial charge in [0.1, 0.15) is 6.04 Å². The van der Waals surface area contributed by atoms with Gasteiger partial charge >= 0.3 is 0 Å². The zero-order valence-corrected chi connectivity index (χ0v) is 13.9. The van der Waals surface area contributed by atoms with Gasteiger partial charge in [-0.05, 0) is 35.9 Å². The molecule has 0 spiro atoms. The Bertz CT molecular complexity index is 705. The van der Waals surface area contributed by atoms with Crippen molar-refractivity contribution in [2.75, 3.05) is 4.90 Å². The fourth-order valence-electron chi connectivity index (χ4n) is 2.45. The molecule has 1 aliphatic heterocycles. The molecule has 6 heteroatoms. The summed E-state index contributed by atoms with van der Waals surface area (Å²) in [5.41, 5.74) is 7.65. The fourth-order valence-corrected chi connectivity index (χ4v) is 3.01. The van der Waals surface area contributed by atoms with Crippen LogP contribution in [0.2, 0.25) is 10.0 Å². The lowest BCUT2D eigenvalue weighted by molar-refractivity contribution is -0.126. The maximum absolute atomic E-state index is 12.1. The average molecular weight is 386 g/mol. The SMILES string of the molecule is N[C@@H]1C(=O)N(c2ccc(Cl)c(Cl)c2)[C@@H]1c1ccc(Br)cc1. The first kappa shape index (κ1) is 14.9. The van der Waals surface area contributed by atoms with Crippen molar-refractivity contribution in [1.29, 1.82) is 0 Å². The van der Waals surface area contributed by atoms with Gasteiger partial charge in [-0.2, -0.15) is 0 Å². The first-order valence-electron chi connectivity index (χ1n) is 6.28. The van der Waals surface area contributed by atoms with Crippen LogP contribution in [0.1, 0.15) is 11.6 Å². The molecule has 0 unspecified atom stereocenters. The molecule has 1 heterocycles. The number of carbonyl (C=O) groups is 1. The largest absolute Gasteiger partial charge is 0.318 e. The Morgan fingerprint density at radius 1 is 1.05 bits per heavy atom. The number of hydrogen-bond donors (Lipinski definition) is 1. The van der Waals surface area contributed by atoms with Gasteiger partial charge in [-0.1, -0.05) is 51.3 Å². The standard InChI is InChI=1S/C15H11BrCl2N2O/c16-9-3-1-8(2-4-9)14-13(19)15(21)20(14)10-5-6-11(17)12(18)7-10/h1-7,13-14H,19H2/t13-,14+/m0/s1. The van der Waals surface area contributed by atoms with E-state index in [-0.39, 0.29) is 11.9 Å². The van der Waals surface area contributed by atoms with Gasteiger partial charge in [0.15, 0.2) is 0 Å². The summed E-state index contributed by atoms with van der Waals surface area (Å²) < 4.78 is 0.978. The zero-order valence-electron chi connectivity index (χ0n) is 10.8. The molecule has 1 saturated heterocycles. The van der Waals surface area contributed by atoms with E-state index in [9.17, 15) is 4.79 Å². The molecule has 3 nitrogen and oxygen atoms in total. The topological polar surface area (TPSA) is 46.3 Å². The molecule has 1 aliphatic rings. The van der Waals surface area contributed by atoms with E-state index in [1.165, 1.54) is 0 Å². The smallest absolute Gasteiger partial charge is 0.247 e. The van der Waals surface area contributed by atoms with Crippen LogP contribution in [-0.2, 0) is 4.79 Å². The molecule has 0 aliphatic carbocycles. The minimum absolute atomic E-state index is 0.124. The number of carbonyl (C=O) groups excluding carboxylic acids is 1. The van der Waals surface area contributed by atoms with Crippen LogP contribution in [0.25, 0.3) is 0 Å². The lowest BCUT2D eigenvalue weighted by Crippen LogP contribution is -2.63. The van der Waals surface area contributed by atoms with Crippen LogP contribution in [0.5, 0.6) is 0 Å². The molecular weight excluding hydrogens is 375 g/mol. The first-order chi connectivity index (χ1) is 9.99. The molecule has 3 rings (SSSR count). The maximum atomic E-state index is 12.1. The van der Waals surface area contributed by atoms with Crippen LogP contribution in [0, 0.1) is 0 Å². The number of nitrogens with zero attached hydrogens (tertiary/aromatic N) is 1. The van der Waals surface area contributed by atoms with Gasteiger partial charge in [0, 0.05) is 10.2 Å². The molecule has 2 N–H and O–H groups in total. The summed E-state index contributed by atoms with van der Waals surface area (Å²) in [6, 6.07) is 12.1. The molecule has 0 saturated carbocycles. The van der Waals surface area contributed by atoms with Crippen LogP contribution in [-0.4, -0.2) is 11.9 Å². The van der Waals surface area contributed by atoms with Gasteiger partial charge in [0.2, 0.25) is 5.91 Å². The minimum atomic E-state index is -0.541. The lowest BCUT2D eigenvalue weighted by atomic mass is 9.88. The number of β-lactam (4-membered cyclic amide) rings is 1. The third kappa shape index (κ3) is 2.57. The Kier molecular flexibility index (Phi) is 3.97. The van der Waals surface area contributed by atoms with E-state index in [1.807, 2.05) is 24.3 Å². The second-order valence-electron chi connectivity index (χ2n) is 4.83. The van der Waals surface area contributed by atoms with Crippen molar-refractivity contribution in [3.8, 4) is 0 Å². The molecule has 2 atom stereocenters. The van der Waals surface area contributed by atoms with Gasteiger partial charge in [-0.15, -0.1) is 0 Å². The van der Waals surface area contributed by atoms with Gasteiger partial charge in [-0.3, -0.25) is 4.79 Å². The molecule has 1 fully saturated rings. The van der Waals surface area contributed by atoms with Crippen LogP contribution >= 0.6 is 39.1 Å². The number of anilines is 1. The monoisotopic (exact) mass is 384 g/mol. The Morgan fingerprint density at radius 2 is 1.71 bits per heavy atom. The molecule has 0 radical (unpaired) electrons. The number of hydrogen-bond acceptors (Lipinski definition) is 2. The van der Waals surface area contributed by atoms with Crippen molar-refractivity contribution in [1.82, 2.24) is 0 Å². The number of amides is 1. The van der Waals surface area contributed by atoms with E-state index in [4.69, 9.17) is 28.9 Å². The second-order valence-corrected chi connectivity index (χ2v) is 6.56. The van der Waals surface area contributed by atoms with E-state index in [0.717, 1.165) is 10.0 Å². The van der Waals surface area contributed by atoms with Crippen LogP contribution in [0.3, 0.4) is 0 Å². The van der Waals surface area contributed by atoms with Crippen molar-refractivity contribution in [2.24, 2.45) is 5.73 Å². The highest BCUT2D eigenvalue weighted by Crippen LogP contribution is 2.40. The summed E-state index contributed by atoms with van der Waals surface area (Å²) in [5.74, 6) is -0.124. The number of halogens is 3. The summed E-state index contributed by atoms with van der Waals surface area (Å²) in [4.78, 5) is 13.8. The summed E-state index contributed by atoms with van der Waals surface area (Å²) in [5, 5.41) is 0.870. The number of nitrogens with two attached hydrogens (primary N) is 1. The van der Waals surface area contributed by atoms with E-state index in [0.29, 0.717) is 15.7 Å². The Labute approximate surface area is 140 Å². The summed E-state index contributed by atoms with van der Waals surface area (Å²) in [7, 11) is 0. The summed E-state index contributed by atoms with van der Waals surface area (Å²) in [6.45, 7) is 0. The Hall–Kier alpha value is -1.07. The summed E-state index contributed by atoms with van der Waals surface area (Å²) >= 11 is 15.3. The Balaban J connectivity index is 1.98. The maximum Gasteiger partial charge on any atom is 0.247 e. The highest BCUT2D eigenvalue weighted by Gasteiger charge is 2.46. The van der Waals surface area contributed by atoms with Gasteiger partial charge in [0.05, 0.1) is 16.1 Å². The minimum Gasteiger partial charge on any atom is -0.318 e. The Morgan fingerprint density at radius 3 is 2.33 bits per heavy atom. The highest BCUT2D eigenvalue weighted by atomic mass is 79.9. The molecule has 0 aromatic heterocycles. The number of rotatable bonds is 2. The number of benzene rings is 2. The summed E-state index contributed by atoms with van der Waals surface area (Å²) in [6.07, 6.45) is 0. The zero-order chi connectivity index (χ0) is 15.1. The van der Waals surface area contributed by atoms with E-state index in [1.54, 1.807) is 23.1 Å². The van der Waals surface area contributed by atoms with Crippen LogP contribution in [0.15, 0.2) is 46.9 Å². The molecular formula is C15H11BrCl2N2O. The van der Waals surface area contributed by atoms with E-state index >= 15 is 0 Å². The van der Waals surface area contributed by atoms with Crippen molar-refractivity contribution >= 4 is 50.7 Å². The first-order valence-corrected chi connectivity index (χ1v) is 7.83. The molecule has 2 aromatic rings. The molecule has 1 amide bonds. The van der Waals surface area contributed by atoms with E-state index < -0.39 is 6.04 Å². The molecule has 2 aromatic carbocycles. The van der Waals surface area contributed by atoms with Crippen molar-refractivity contribution in [2.45, 2.75) is 12.1 Å². The normalized spacial score (nSPS) is 21.3.